The molecule has 5 heteroatoms. The molecule has 2 aromatic rings. The van der Waals surface area contributed by atoms with Crippen molar-refractivity contribution in [3.8, 4) is 0 Å². The summed E-state index contributed by atoms with van der Waals surface area (Å²) in [5, 5.41) is 6.70. The standard InChI is InChI=1S/C13H18N4S/c1-2-17-6-3-4-10(17)8-14-12-11-5-7-18-13(11)16-9-15-12/h5,7,9-10H,2-4,6,8H2,1H3,(H,14,15,16). The fourth-order valence-electron chi connectivity index (χ4n) is 2.69. The highest BCUT2D eigenvalue weighted by molar-refractivity contribution is 7.16. The normalized spacial score (nSPS) is 20.6. The van der Waals surface area contributed by atoms with Crippen LogP contribution in [-0.4, -0.2) is 40.5 Å². The zero-order valence-corrected chi connectivity index (χ0v) is 11.4. The van der Waals surface area contributed by atoms with Crippen molar-refractivity contribution < 1.29 is 0 Å². The highest BCUT2D eigenvalue weighted by Crippen LogP contribution is 2.24. The van der Waals surface area contributed by atoms with Gasteiger partial charge in [0, 0.05) is 12.6 Å². The van der Waals surface area contributed by atoms with Crippen LogP contribution in [0.5, 0.6) is 0 Å². The minimum Gasteiger partial charge on any atom is -0.368 e. The number of likely N-dealkylation sites (tertiary alicyclic amines) is 1. The van der Waals surface area contributed by atoms with Crippen LogP contribution in [0.3, 0.4) is 0 Å². The molecule has 0 radical (unpaired) electrons. The van der Waals surface area contributed by atoms with Crippen molar-refractivity contribution in [1.29, 1.82) is 0 Å². The minimum absolute atomic E-state index is 0.652. The number of aromatic nitrogens is 2. The molecule has 1 atom stereocenters. The lowest BCUT2D eigenvalue weighted by atomic mass is 10.2. The Morgan fingerprint density at radius 2 is 2.44 bits per heavy atom. The second-order valence-corrected chi connectivity index (χ2v) is 5.56. The molecule has 0 amide bonds. The van der Waals surface area contributed by atoms with Crippen LogP contribution >= 0.6 is 11.3 Å². The molecule has 2 aromatic heterocycles. The molecule has 3 rings (SSSR count). The lowest BCUT2D eigenvalue weighted by molar-refractivity contribution is 0.277. The van der Waals surface area contributed by atoms with E-state index in [0.717, 1.165) is 29.1 Å². The summed E-state index contributed by atoms with van der Waals surface area (Å²) in [6.07, 6.45) is 4.25. The zero-order chi connectivity index (χ0) is 12.4. The molecule has 1 aliphatic heterocycles. The predicted octanol–water partition coefficient (Wildman–Crippen LogP) is 2.59. The van der Waals surface area contributed by atoms with E-state index in [1.165, 1.54) is 19.4 Å². The van der Waals surface area contributed by atoms with Gasteiger partial charge in [0.2, 0.25) is 0 Å². The molecular formula is C13H18N4S. The molecular weight excluding hydrogens is 244 g/mol. The molecule has 0 aliphatic carbocycles. The molecule has 1 saturated heterocycles. The summed E-state index contributed by atoms with van der Waals surface area (Å²) in [4.78, 5) is 12.2. The van der Waals surface area contributed by atoms with Crippen LogP contribution in [0.25, 0.3) is 10.2 Å². The summed E-state index contributed by atoms with van der Waals surface area (Å²) in [6.45, 7) is 5.60. The van der Waals surface area contributed by atoms with Crippen LogP contribution in [0.2, 0.25) is 0 Å². The van der Waals surface area contributed by atoms with Gasteiger partial charge in [-0.15, -0.1) is 11.3 Å². The Morgan fingerprint density at radius 1 is 1.50 bits per heavy atom. The second-order valence-electron chi connectivity index (χ2n) is 4.67. The lowest BCUT2D eigenvalue weighted by Gasteiger charge is -2.23. The summed E-state index contributed by atoms with van der Waals surface area (Å²) in [5.41, 5.74) is 0. The van der Waals surface area contributed by atoms with Gasteiger partial charge >= 0.3 is 0 Å². The van der Waals surface area contributed by atoms with Crippen LogP contribution in [0.15, 0.2) is 17.8 Å². The molecule has 3 heterocycles. The number of likely N-dealkylation sites (N-methyl/N-ethyl adjacent to an activating group) is 1. The number of rotatable bonds is 4. The summed E-state index contributed by atoms with van der Waals surface area (Å²) >= 11 is 1.66. The van der Waals surface area contributed by atoms with E-state index in [1.807, 2.05) is 0 Å². The molecule has 1 aliphatic rings. The smallest absolute Gasteiger partial charge is 0.138 e. The number of nitrogens with one attached hydrogen (secondary N) is 1. The zero-order valence-electron chi connectivity index (χ0n) is 10.6. The van der Waals surface area contributed by atoms with Crippen molar-refractivity contribution in [3.63, 3.8) is 0 Å². The Bertz CT molecular complexity index is 524. The molecule has 18 heavy (non-hydrogen) atoms. The van der Waals surface area contributed by atoms with E-state index in [-0.39, 0.29) is 0 Å². The van der Waals surface area contributed by atoms with Gasteiger partial charge in [-0.3, -0.25) is 4.90 Å². The fourth-order valence-corrected chi connectivity index (χ4v) is 3.42. The lowest BCUT2D eigenvalue weighted by Crippen LogP contribution is -2.34. The molecule has 1 fully saturated rings. The largest absolute Gasteiger partial charge is 0.368 e. The number of nitrogens with zero attached hydrogens (tertiary/aromatic N) is 3. The molecule has 0 aromatic carbocycles. The Morgan fingerprint density at radius 3 is 3.33 bits per heavy atom. The fraction of sp³-hybridized carbons (Fsp3) is 0.538. The highest BCUT2D eigenvalue weighted by Gasteiger charge is 2.22. The van der Waals surface area contributed by atoms with Gasteiger partial charge in [-0.05, 0) is 37.4 Å². The first-order valence-corrected chi connectivity index (χ1v) is 7.42. The van der Waals surface area contributed by atoms with Crippen molar-refractivity contribution >= 4 is 27.4 Å². The third-order valence-corrected chi connectivity index (χ3v) is 4.49. The van der Waals surface area contributed by atoms with Gasteiger partial charge in [0.15, 0.2) is 0 Å². The van der Waals surface area contributed by atoms with Crippen LogP contribution in [0, 0.1) is 0 Å². The molecule has 0 bridgehead atoms. The van der Waals surface area contributed by atoms with Crippen LogP contribution in [0.1, 0.15) is 19.8 Å². The number of fused-ring (bicyclic) bond motifs is 1. The monoisotopic (exact) mass is 262 g/mol. The first-order chi connectivity index (χ1) is 8.88. The maximum atomic E-state index is 4.36. The van der Waals surface area contributed by atoms with Crippen molar-refractivity contribution in [2.24, 2.45) is 0 Å². The summed E-state index contributed by atoms with van der Waals surface area (Å²) in [5.74, 6) is 0.976. The molecule has 1 N–H and O–H groups in total. The van der Waals surface area contributed by atoms with Gasteiger partial charge in [-0.2, -0.15) is 0 Å². The topological polar surface area (TPSA) is 41.0 Å². The SMILES string of the molecule is CCN1CCCC1CNc1ncnc2sccc12. The Labute approximate surface area is 111 Å². The van der Waals surface area contributed by atoms with Gasteiger partial charge in [-0.25, -0.2) is 9.97 Å². The quantitative estimate of drug-likeness (QED) is 0.919. The van der Waals surface area contributed by atoms with Crippen LogP contribution < -0.4 is 5.32 Å². The van der Waals surface area contributed by atoms with E-state index in [0.29, 0.717) is 6.04 Å². The van der Waals surface area contributed by atoms with E-state index in [1.54, 1.807) is 17.7 Å². The van der Waals surface area contributed by atoms with Crippen molar-refractivity contribution in [1.82, 2.24) is 14.9 Å². The third-order valence-electron chi connectivity index (χ3n) is 3.67. The van der Waals surface area contributed by atoms with E-state index >= 15 is 0 Å². The second kappa shape index (κ2) is 5.20. The van der Waals surface area contributed by atoms with Gasteiger partial charge in [-0.1, -0.05) is 6.92 Å². The molecule has 96 valence electrons. The highest BCUT2D eigenvalue weighted by atomic mass is 32.1. The maximum absolute atomic E-state index is 4.36. The summed E-state index contributed by atoms with van der Waals surface area (Å²) in [7, 11) is 0. The van der Waals surface area contributed by atoms with Crippen LogP contribution in [-0.2, 0) is 0 Å². The number of thiophene rings is 1. The Kier molecular flexibility index (Phi) is 3.43. The number of anilines is 1. The van der Waals surface area contributed by atoms with Crippen molar-refractivity contribution in [3.05, 3.63) is 17.8 Å². The molecule has 0 spiro atoms. The van der Waals surface area contributed by atoms with Crippen LogP contribution in [0.4, 0.5) is 5.82 Å². The summed E-state index contributed by atoms with van der Waals surface area (Å²) < 4.78 is 0. The first-order valence-electron chi connectivity index (χ1n) is 6.54. The van der Waals surface area contributed by atoms with E-state index in [2.05, 4.69) is 38.6 Å². The maximum Gasteiger partial charge on any atom is 0.138 e. The summed E-state index contributed by atoms with van der Waals surface area (Å²) in [6, 6.07) is 2.74. The van der Waals surface area contributed by atoms with E-state index in [4.69, 9.17) is 0 Å². The number of hydrogen-bond acceptors (Lipinski definition) is 5. The van der Waals surface area contributed by atoms with Gasteiger partial charge in [0.1, 0.15) is 17.0 Å². The molecule has 4 nitrogen and oxygen atoms in total. The minimum atomic E-state index is 0.652. The molecule has 0 saturated carbocycles. The molecule has 1 unspecified atom stereocenters. The van der Waals surface area contributed by atoms with E-state index in [9.17, 15) is 0 Å². The average Bonchev–Trinajstić information content (AvgIpc) is 3.04. The average molecular weight is 262 g/mol. The Hall–Kier alpha value is -1.20. The Balaban J connectivity index is 1.71. The van der Waals surface area contributed by atoms with E-state index < -0.39 is 0 Å². The number of hydrogen-bond donors (Lipinski definition) is 1. The van der Waals surface area contributed by atoms with Gasteiger partial charge in [0.05, 0.1) is 5.39 Å². The van der Waals surface area contributed by atoms with Crippen molar-refractivity contribution in [2.45, 2.75) is 25.8 Å². The third kappa shape index (κ3) is 2.20. The van der Waals surface area contributed by atoms with Crippen molar-refractivity contribution in [2.75, 3.05) is 25.0 Å². The first kappa shape index (κ1) is 11.9. The predicted molar refractivity (Wildman–Crippen MR) is 76.2 cm³/mol. The van der Waals surface area contributed by atoms with Gasteiger partial charge in [0.25, 0.3) is 0 Å². The van der Waals surface area contributed by atoms with Gasteiger partial charge < -0.3 is 5.32 Å².